The fraction of sp³-hybridized carbons (Fsp3) is 0.308. The number of carbonyl (C=O) groups excluding carboxylic acids is 1. The maximum atomic E-state index is 13.0. The lowest BCUT2D eigenvalue weighted by atomic mass is 10.2. The molecule has 1 rings (SSSR count). The second-order valence-electron chi connectivity index (χ2n) is 3.58. The summed E-state index contributed by atoms with van der Waals surface area (Å²) in [6, 6.07) is 4.39. The molecule has 0 unspecified atom stereocenters. The van der Waals surface area contributed by atoms with Gasteiger partial charge in [0.2, 0.25) is 0 Å². The van der Waals surface area contributed by atoms with Crippen LogP contribution in [0.4, 0.5) is 10.1 Å². The van der Waals surface area contributed by atoms with Crippen molar-refractivity contribution in [2.45, 2.75) is 13.3 Å². The van der Waals surface area contributed by atoms with Crippen LogP contribution in [-0.2, 0) is 9.53 Å². The maximum Gasteiger partial charge on any atom is 0.333 e. The monoisotopic (exact) mass is 315 g/mol. The van der Waals surface area contributed by atoms with Gasteiger partial charge in [-0.3, -0.25) is 0 Å². The van der Waals surface area contributed by atoms with Crippen molar-refractivity contribution in [2.24, 2.45) is 0 Å². The van der Waals surface area contributed by atoms with Gasteiger partial charge < -0.3 is 10.1 Å². The number of nitrogens with one attached hydrogen (secondary N) is 1. The first kappa shape index (κ1) is 14.7. The van der Waals surface area contributed by atoms with E-state index in [9.17, 15) is 9.18 Å². The lowest BCUT2D eigenvalue weighted by Gasteiger charge is -2.07. The van der Waals surface area contributed by atoms with Gasteiger partial charge in [0, 0.05) is 16.6 Å². The van der Waals surface area contributed by atoms with Crippen molar-refractivity contribution < 1.29 is 13.9 Å². The van der Waals surface area contributed by atoms with Gasteiger partial charge in [0.15, 0.2) is 0 Å². The van der Waals surface area contributed by atoms with Crippen LogP contribution in [0, 0.1) is 5.82 Å². The highest BCUT2D eigenvalue weighted by atomic mass is 79.9. The average Bonchev–Trinajstić information content (AvgIpc) is 2.37. The highest BCUT2D eigenvalue weighted by Crippen LogP contribution is 2.22. The van der Waals surface area contributed by atoms with Gasteiger partial charge in [0.05, 0.1) is 12.8 Å². The normalized spacial score (nSPS) is 11.2. The third-order valence-electron chi connectivity index (χ3n) is 2.40. The molecule has 0 heterocycles. The summed E-state index contributed by atoms with van der Waals surface area (Å²) in [4.78, 5) is 11.3. The van der Waals surface area contributed by atoms with E-state index >= 15 is 0 Å². The van der Waals surface area contributed by atoms with Gasteiger partial charge in [-0.1, -0.05) is 13.0 Å². The quantitative estimate of drug-likeness (QED) is 0.667. The van der Waals surface area contributed by atoms with Crippen molar-refractivity contribution in [2.75, 3.05) is 19.0 Å². The van der Waals surface area contributed by atoms with Crippen LogP contribution < -0.4 is 5.32 Å². The molecule has 0 saturated carbocycles. The number of methoxy groups -OCH3 is 1. The summed E-state index contributed by atoms with van der Waals surface area (Å²) < 4.78 is 18.4. The van der Waals surface area contributed by atoms with E-state index in [1.165, 1.54) is 19.2 Å². The molecule has 0 aliphatic carbocycles. The molecule has 0 bridgehead atoms. The molecule has 0 aliphatic heterocycles. The Kier molecular flexibility index (Phi) is 5.85. The number of benzene rings is 1. The minimum Gasteiger partial charge on any atom is -0.466 e. The Bertz CT molecular complexity index is 460. The van der Waals surface area contributed by atoms with Crippen LogP contribution in [-0.4, -0.2) is 19.6 Å². The van der Waals surface area contributed by atoms with Crippen LogP contribution in [0.15, 0.2) is 34.3 Å². The fourth-order valence-corrected chi connectivity index (χ4v) is 1.81. The number of esters is 1. The zero-order valence-corrected chi connectivity index (χ0v) is 11.9. The number of anilines is 1. The van der Waals surface area contributed by atoms with Crippen molar-refractivity contribution in [1.82, 2.24) is 0 Å². The van der Waals surface area contributed by atoms with E-state index in [0.29, 0.717) is 24.2 Å². The second kappa shape index (κ2) is 7.16. The van der Waals surface area contributed by atoms with Crippen molar-refractivity contribution in [1.29, 1.82) is 0 Å². The van der Waals surface area contributed by atoms with Crippen LogP contribution in [0.25, 0.3) is 0 Å². The van der Waals surface area contributed by atoms with Crippen LogP contribution in [0.3, 0.4) is 0 Å². The summed E-state index contributed by atoms with van der Waals surface area (Å²) in [6.07, 6.45) is 2.34. The molecule has 0 saturated heterocycles. The van der Waals surface area contributed by atoms with Crippen molar-refractivity contribution in [3.8, 4) is 0 Å². The zero-order valence-electron chi connectivity index (χ0n) is 10.3. The Morgan fingerprint density at radius 2 is 2.28 bits per heavy atom. The molecule has 1 aromatic rings. The molecule has 1 aromatic carbocycles. The maximum absolute atomic E-state index is 13.0. The first-order valence-electron chi connectivity index (χ1n) is 5.54. The van der Waals surface area contributed by atoms with Crippen molar-refractivity contribution in [3.63, 3.8) is 0 Å². The molecule has 98 valence electrons. The number of ether oxygens (including phenoxy) is 1. The first-order chi connectivity index (χ1) is 8.58. The zero-order chi connectivity index (χ0) is 13.5. The largest absolute Gasteiger partial charge is 0.466 e. The van der Waals surface area contributed by atoms with E-state index in [1.54, 1.807) is 12.1 Å². The predicted octanol–water partition coefficient (Wildman–Crippen LogP) is 3.51. The van der Waals surface area contributed by atoms with Gasteiger partial charge in [-0.15, -0.1) is 0 Å². The molecule has 1 N–H and O–H groups in total. The number of hydrogen-bond acceptors (Lipinski definition) is 3. The summed E-state index contributed by atoms with van der Waals surface area (Å²) in [5.41, 5.74) is 1.24. The minimum atomic E-state index is -0.336. The third-order valence-corrected chi connectivity index (χ3v) is 3.09. The van der Waals surface area contributed by atoms with Crippen LogP contribution >= 0.6 is 15.9 Å². The SMILES string of the molecule is CC/C(=C/CNc1cc(F)ccc1Br)C(=O)OC. The molecule has 0 atom stereocenters. The summed E-state index contributed by atoms with van der Waals surface area (Å²) in [5, 5.41) is 3.03. The topological polar surface area (TPSA) is 38.3 Å². The number of halogens is 2. The van der Waals surface area contributed by atoms with E-state index in [-0.39, 0.29) is 11.8 Å². The smallest absolute Gasteiger partial charge is 0.333 e. The molecule has 0 aliphatic rings. The Balaban J connectivity index is 2.67. The van der Waals surface area contributed by atoms with Gasteiger partial charge in [-0.25, -0.2) is 9.18 Å². The number of carbonyl (C=O) groups is 1. The number of hydrogen-bond donors (Lipinski definition) is 1. The Morgan fingerprint density at radius 1 is 1.56 bits per heavy atom. The van der Waals surface area contributed by atoms with Crippen LogP contribution in [0.2, 0.25) is 0 Å². The lowest BCUT2D eigenvalue weighted by Crippen LogP contribution is -2.07. The van der Waals surface area contributed by atoms with Gasteiger partial charge >= 0.3 is 5.97 Å². The van der Waals surface area contributed by atoms with Crippen molar-refractivity contribution >= 4 is 27.6 Å². The Morgan fingerprint density at radius 3 is 2.89 bits per heavy atom. The van der Waals surface area contributed by atoms with Gasteiger partial charge in [0.25, 0.3) is 0 Å². The Hall–Kier alpha value is -1.36. The summed E-state index contributed by atoms with van der Waals surface area (Å²) in [6.45, 7) is 2.31. The molecule has 18 heavy (non-hydrogen) atoms. The summed E-state index contributed by atoms with van der Waals surface area (Å²) >= 11 is 3.32. The Labute approximate surface area is 114 Å². The van der Waals surface area contributed by atoms with E-state index in [4.69, 9.17) is 0 Å². The molecular formula is C13H15BrFNO2. The molecule has 5 heteroatoms. The molecule has 0 amide bonds. The van der Waals surface area contributed by atoms with Gasteiger partial charge in [-0.2, -0.15) is 0 Å². The fourth-order valence-electron chi connectivity index (χ4n) is 1.42. The van der Waals surface area contributed by atoms with Gasteiger partial charge in [-0.05, 0) is 40.5 Å². The molecule has 0 aromatic heterocycles. The highest BCUT2D eigenvalue weighted by molar-refractivity contribution is 9.10. The van der Waals surface area contributed by atoms with E-state index in [2.05, 4.69) is 26.0 Å². The van der Waals surface area contributed by atoms with E-state index in [1.807, 2.05) is 6.92 Å². The summed E-state index contributed by atoms with van der Waals surface area (Å²) in [7, 11) is 1.35. The highest BCUT2D eigenvalue weighted by Gasteiger charge is 2.06. The summed E-state index contributed by atoms with van der Waals surface area (Å²) in [5.74, 6) is -0.647. The van der Waals surface area contributed by atoms with Gasteiger partial charge in [0.1, 0.15) is 5.82 Å². The lowest BCUT2D eigenvalue weighted by molar-refractivity contribution is -0.136. The first-order valence-corrected chi connectivity index (χ1v) is 6.34. The van der Waals surface area contributed by atoms with E-state index in [0.717, 1.165) is 4.47 Å². The molecule has 0 radical (unpaired) electrons. The van der Waals surface area contributed by atoms with Crippen LogP contribution in [0.1, 0.15) is 13.3 Å². The number of rotatable bonds is 5. The molecule has 3 nitrogen and oxygen atoms in total. The third kappa shape index (κ3) is 4.14. The van der Waals surface area contributed by atoms with Crippen molar-refractivity contribution in [3.05, 3.63) is 40.1 Å². The van der Waals surface area contributed by atoms with E-state index < -0.39 is 0 Å². The average molecular weight is 316 g/mol. The standard InChI is InChI=1S/C13H15BrFNO2/c1-3-9(13(17)18-2)6-7-16-12-8-10(15)4-5-11(12)14/h4-6,8,16H,3,7H2,1-2H3/b9-6-. The minimum absolute atomic E-state index is 0.312. The molecular weight excluding hydrogens is 301 g/mol. The second-order valence-corrected chi connectivity index (χ2v) is 4.43. The predicted molar refractivity (Wildman–Crippen MR) is 73.0 cm³/mol. The molecule has 0 fully saturated rings. The van der Waals surface area contributed by atoms with Crippen LogP contribution in [0.5, 0.6) is 0 Å². The molecule has 0 spiro atoms.